The molecule has 0 bridgehead atoms. The number of aryl methyl sites for hydroxylation is 4. The number of halogens is 2. The number of nitrogen functional groups attached to an aromatic ring is 2. The molecule has 0 saturated carbocycles. The van der Waals surface area contributed by atoms with Gasteiger partial charge in [-0.3, -0.25) is 0 Å². The molecule has 2 aromatic rings. The lowest BCUT2D eigenvalue weighted by Gasteiger charge is -2.41. The van der Waals surface area contributed by atoms with Gasteiger partial charge in [-0.25, -0.2) is 0 Å². The molecule has 0 radical (unpaired) electrons. The second-order valence-corrected chi connectivity index (χ2v) is 9.40. The number of nitrogens with two attached hydrogens (primary N) is 2. The third kappa shape index (κ3) is 4.19. The average molecular weight is 473 g/mol. The lowest BCUT2D eigenvalue weighted by atomic mass is 9.71. The van der Waals surface area contributed by atoms with Gasteiger partial charge in [0.25, 0.3) is 0 Å². The van der Waals surface area contributed by atoms with E-state index < -0.39 is 16.9 Å². The predicted octanol–water partition coefficient (Wildman–Crippen LogP) is 6.25. The van der Waals surface area contributed by atoms with Crippen molar-refractivity contribution in [3.63, 3.8) is 0 Å². The van der Waals surface area contributed by atoms with E-state index in [0.29, 0.717) is 5.03 Å². The van der Waals surface area contributed by atoms with Gasteiger partial charge in [0.2, 0.25) is 0 Å². The van der Waals surface area contributed by atoms with Crippen LogP contribution >= 0.6 is 23.2 Å². The molecule has 172 valence electrons. The van der Waals surface area contributed by atoms with Crippen LogP contribution in [0.3, 0.4) is 0 Å². The van der Waals surface area contributed by atoms with Gasteiger partial charge in [0.05, 0.1) is 11.3 Å². The zero-order valence-corrected chi connectivity index (χ0v) is 20.9. The SMILES string of the molecule is CCc1cc(C(O)(c2cc(CC)c(N)c(CC)c2)C2C(Cl)=CC=CC2Cl)cc(CC)c1N. The normalized spacial score (nSPS) is 18.7. The quantitative estimate of drug-likeness (QED) is 0.329. The fourth-order valence-electron chi connectivity index (χ4n) is 4.74. The summed E-state index contributed by atoms with van der Waals surface area (Å²) in [4.78, 5) is 0. The highest BCUT2D eigenvalue weighted by atomic mass is 35.5. The van der Waals surface area contributed by atoms with E-state index in [0.717, 1.165) is 70.4 Å². The Labute approximate surface area is 202 Å². The lowest BCUT2D eigenvalue weighted by molar-refractivity contribution is 0.0361. The minimum atomic E-state index is -1.45. The number of hydrogen-bond donors (Lipinski definition) is 3. The molecule has 1 aliphatic rings. The van der Waals surface area contributed by atoms with Crippen LogP contribution in [0, 0.1) is 5.92 Å². The first-order chi connectivity index (χ1) is 15.2. The Morgan fingerprint density at radius 2 is 1.19 bits per heavy atom. The molecule has 0 fully saturated rings. The van der Waals surface area contributed by atoms with Gasteiger partial charge in [0.1, 0.15) is 5.60 Å². The van der Waals surface area contributed by atoms with E-state index in [1.165, 1.54) is 0 Å². The number of hydrogen-bond acceptors (Lipinski definition) is 3. The molecule has 0 aromatic heterocycles. The Bertz CT molecular complexity index is 946. The summed E-state index contributed by atoms with van der Waals surface area (Å²) in [6.07, 6.45) is 8.60. The van der Waals surface area contributed by atoms with Crippen molar-refractivity contribution in [1.82, 2.24) is 0 Å². The fraction of sp³-hybridized carbons (Fsp3) is 0.407. The van der Waals surface area contributed by atoms with Crippen molar-refractivity contribution in [2.45, 2.75) is 64.4 Å². The van der Waals surface area contributed by atoms with E-state index in [9.17, 15) is 5.11 Å². The lowest BCUT2D eigenvalue weighted by Crippen LogP contribution is -2.42. The summed E-state index contributed by atoms with van der Waals surface area (Å²) >= 11 is 13.5. The van der Waals surface area contributed by atoms with Gasteiger partial charge in [-0.2, -0.15) is 0 Å². The number of benzene rings is 2. The molecular weight excluding hydrogens is 439 g/mol. The van der Waals surface area contributed by atoms with Crippen molar-refractivity contribution in [3.05, 3.63) is 80.9 Å². The Hall–Kier alpha value is -1.94. The maximum atomic E-state index is 12.7. The summed E-state index contributed by atoms with van der Waals surface area (Å²) in [6.45, 7) is 8.29. The minimum absolute atomic E-state index is 0.474. The summed E-state index contributed by atoms with van der Waals surface area (Å²) in [6, 6.07) is 8.03. The summed E-state index contributed by atoms with van der Waals surface area (Å²) in [5.41, 5.74) is 18.5. The Kier molecular flexibility index (Phi) is 7.65. The highest BCUT2D eigenvalue weighted by molar-refractivity contribution is 6.32. The molecule has 1 aliphatic carbocycles. The van der Waals surface area contributed by atoms with Crippen LogP contribution in [0.25, 0.3) is 0 Å². The largest absolute Gasteiger partial charge is 0.398 e. The number of rotatable bonds is 7. The van der Waals surface area contributed by atoms with Crippen molar-refractivity contribution < 1.29 is 5.11 Å². The topological polar surface area (TPSA) is 72.3 Å². The van der Waals surface area contributed by atoms with E-state index >= 15 is 0 Å². The minimum Gasteiger partial charge on any atom is -0.398 e. The molecule has 5 N–H and O–H groups in total. The highest BCUT2D eigenvalue weighted by Gasteiger charge is 2.46. The van der Waals surface area contributed by atoms with E-state index in [1.54, 1.807) is 0 Å². The molecule has 2 atom stereocenters. The van der Waals surface area contributed by atoms with Crippen molar-refractivity contribution in [1.29, 1.82) is 0 Å². The van der Waals surface area contributed by atoms with Crippen molar-refractivity contribution >= 4 is 34.6 Å². The maximum Gasteiger partial charge on any atom is 0.124 e. The van der Waals surface area contributed by atoms with Crippen LogP contribution in [0.15, 0.2) is 47.5 Å². The molecule has 0 aliphatic heterocycles. The first-order valence-electron chi connectivity index (χ1n) is 11.5. The van der Waals surface area contributed by atoms with Crippen molar-refractivity contribution in [2.75, 3.05) is 11.5 Å². The van der Waals surface area contributed by atoms with Gasteiger partial charge in [-0.1, -0.05) is 75.7 Å². The van der Waals surface area contributed by atoms with Gasteiger partial charge < -0.3 is 16.6 Å². The first-order valence-corrected chi connectivity index (χ1v) is 12.3. The van der Waals surface area contributed by atoms with Gasteiger partial charge >= 0.3 is 0 Å². The monoisotopic (exact) mass is 472 g/mol. The molecule has 3 rings (SSSR count). The molecule has 0 amide bonds. The zero-order chi connectivity index (χ0) is 23.6. The zero-order valence-electron chi connectivity index (χ0n) is 19.4. The Morgan fingerprint density at radius 3 is 1.50 bits per heavy atom. The summed E-state index contributed by atoms with van der Waals surface area (Å²) in [5, 5.41) is 12.7. The molecule has 0 spiro atoms. The van der Waals surface area contributed by atoms with E-state index in [1.807, 2.05) is 42.5 Å². The van der Waals surface area contributed by atoms with Gasteiger partial charge in [-0.15, -0.1) is 11.6 Å². The second kappa shape index (κ2) is 9.91. The van der Waals surface area contributed by atoms with Crippen LogP contribution in [0.5, 0.6) is 0 Å². The molecule has 0 saturated heterocycles. The number of allylic oxidation sites excluding steroid dienone is 3. The maximum absolute atomic E-state index is 12.7. The van der Waals surface area contributed by atoms with Gasteiger partial charge in [0, 0.05) is 16.4 Å². The number of alkyl halides is 1. The highest BCUT2D eigenvalue weighted by Crippen LogP contribution is 2.48. The van der Waals surface area contributed by atoms with Crippen LogP contribution in [0.1, 0.15) is 61.1 Å². The number of aliphatic hydroxyl groups is 1. The van der Waals surface area contributed by atoms with Gasteiger partial charge in [-0.05, 0) is 65.1 Å². The van der Waals surface area contributed by atoms with Crippen LogP contribution < -0.4 is 11.5 Å². The smallest absolute Gasteiger partial charge is 0.124 e. The van der Waals surface area contributed by atoms with Crippen LogP contribution in [-0.2, 0) is 31.3 Å². The third-order valence-electron chi connectivity index (χ3n) is 6.72. The van der Waals surface area contributed by atoms with E-state index in [-0.39, 0.29) is 0 Å². The van der Waals surface area contributed by atoms with Crippen LogP contribution in [0.2, 0.25) is 0 Å². The van der Waals surface area contributed by atoms with Gasteiger partial charge in [0.15, 0.2) is 0 Å². The molecule has 5 heteroatoms. The summed E-state index contributed by atoms with van der Waals surface area (Å²) in [5.74, 6) is -0.549. The second-order valence-electron chi connectivity index (χ2n) is 8.46. The molecule has 32 heavy (non-hydrogen) atoms. The van der Waals surface area contributed by atoms with E-state index in [4.69, 9.17) is 34.7 Å². The standard InChI is InChI=1S/C27H34Cl2N2O/c1-5-16-12-20(13-17(6-2)25(16)30)27(32,24-22(28)10-9-11-23(24)29)21-14-18(7-3)26(31)19(8-4)15-21/h9-15,22,24,32H,5-8,30-31H2,1-4H3. The Morgan fingerprint density at radius 1 is 0.812 bits per heavy atom. The van der Waals surface area contributed by atoms with E-state index in [2.05, 4.69) is 27.7 Å². The molecular formula is C27H34Cl2N2O. The predicted molar refractivity (Wildman–Crippen MR) is 138 cm³/mol. The summed E-state index contributed by atoms with van der Waals surface area (Å²) in [7, 11) is 0. The Balaban J connectivity index is 2.40. The third-order valence-corrected chi connectivity index (χ3v) is 7.48. The number of anilines is 2. The first kappa shape index (κ1) is 24.7. The molecule has 0 heterocycles. The molecule has 3 nitrogen and oxygen atoms in total. The molecule has 2 unspecified atom stereocenters. The van der Waals surface area contributed by atoms with Crippen molar-refractivity contribution in [3.8, 4) is 0 Å². The van der Waals surface area contributed by atoms with Crippen molar-refractivity contribution in [2.24, 2.45) is 5.92 Å². The average Bonchev–Trinajstić information content (AvgIpc) is 2.78. The summed E-state index contributed by atoms with van der Waals surface area (Å²) < 4.78 is 0. The fourth-order valence-corrected chi connectivity index (χ4v) is 5.58. The van der Waals surface area contributed by atoms with Crippen LogP contribution in [-0.4, -0.2) is 10.5 Å². The molecule has 2 aromatic carbocycles. The van der Waals surface area contributed by atoms with Crippen LogP contribution in [0.4, 0.5) is 11.4 Å².